The second kappa shape index (κ2) is 8.05. The fourth-order valence-corrected chi connectivity index (χ4v) is 5.63. The molecule has 1 atom stereocenters. The molecule has 1 aliphatic rings. The van der Waals surface area contributed by atoms with Crippen LogP contribution in [0, 0.1) is 0 Å². The summed E-state index contributed by atoms with van der Waals surface area (Å²) < 4.78 is 33.8. The van der Waals surface area contributed by atoms with E-state index in [0.29, 0.717) is 10.9 Å². The Hall–Kier alpha value is -1.12. The minimum absolute atomic E-state index is 0.0252. The van der Waals surface area contributed by atoms with E-state index in [1.807, 2.05) is 24.3 Å². The minimum Gasteiger partial charge on any atom is -0.497 e. The Morgan fingerprint density at radius 2 is 2.04 bits per heavy atom. The molecule has 0 bridgehead atoms. The number of hydrogen-bond acceptors (Lipinski definition) is 5. The first kappa shape index (κ1) is 18.7. The summed E-state index contributed by atoms with van der Waals surface area (Å²) in [6.45, 7) is 2.24. The van der Waals surface area contributed by atoms with Gasteiger partial charge in [0.25, 0.3) is 0 Å². The zero-order chi connectivity index (χ0) is 17.9. The third kappa shape index (κ3) is 4.54. The van der Waals surface area contributed by atoms with Crippen molar-refractivity contribution in [2.45, 2.75) is 23.1 Å². The smallest absolute Gasteiger partial charge is 0.250 e. The van der Waals surface area contributed by atoms with Gasteiger partial charge in [-0.3, -0.25) is 4.90 Å². The zero-order valence-corrected chi connectivity index (χ0v) is 16.3. The van der Waals surface area contributed by atoms with E-state index in [2.05, 4.69) is 9.62 Å². The summed E-state index contributed by atoms with van der Waals surface area (Å²) in [5.41, 5.74) is 1.05. The maximum absolute atomic E-state index is 12.5. The lowest BCUT2D eigenvalue weighted by Gasteiger charge is -2.28. The third-order valence-electron chi connectivity index (χ3n) is 4.34. The summed E-state index contributed by atoms with van der Waals surface area (Å²) in [6.07, 6.45) is 2.27. The maximum Gasteiger partial charge on any atom is 0.250 e. The number of ether oxygens (including phenoxy) is 1. The highest BCUT2D eigenvalue weighted by Gasteiger charge is 2.26. The molecule has 0 aliphatic carbocycles. The quantitative estimate of drug-likeness (QED) is 0.772. The molecule has 2 heterocycles. The van der Waals surface area contributed by atoms with Crippen molar-refractivity contribution in [2.75, 3.05) is 26.7 Å². The molecule has 0 radical (unpaired) electrons. The van der Waals surface area contributed by atoms with Crippen LogP contribution in [-0.4, -0.2) is 40.1 Å². The van der Waals surface area contributed by atoms with Crippen molar-refractivity contribution in [1.82, 2.24) is 9.62 Å². The van der Waals surface area contributed by atoms with Gasteiger partial charge in [-0.05, 0) is 55.8 Å². The lowest BCUT2D eigenvalue weighted by atomic mass is 10.1. The van der Waals surface area contributed by atoms with Crippen LogP contribution in [0.15, 0.2) is 40.6 Å². The highest BCUT2D eigenvalue weighted by molar-refractivity contribution is 7.91. The maximum atomic E-state index is 12.5. The number of methoxy groups -OCH3 is 1. The van der Waals surface area contributed by atoms with Gasteiger partial charge >= 0.3 is 0 Å². The molecule has 3 rings (SSSR count). The Morgan fingerprint density at radius 3 is 2.68 bits per heavy atom. The van der Waals surface area contributed by atoms with Crippen molar-refractivity contribution in [3.05, 3.63) is 46.3 Å². The van der Waals surface area contributed by atoms with Crippen molar-refractivity contribution in [3.8, 4) is 5.75 Å². The number of nitrogens with zero attached hydrogens (tertiary/aromatic N) is 1. The molecule has 5 nitrogen and oxygen atoms in total. The molecule has 0 saturated carbocycles. The predicted octanol–water partition coefficient (Wildman–Crippen LogP) is 3.53. The number of sulfonamides is 1. The van der Waals surface area contributed by atoms with E-state index in [4.69, 9.17) is 16.3 Å². The molecule has 136 valence electrons. The summed E-state index contributed by atoms with van der Waals surface area (Å²) in [4.78, 5) is 2.32. The van der Waals surface area contributed by atoms with Crippen molar-refractivity contribution in [1.29, 1.82) is 0 Å². The first-order chi connectivity index (χ1) is 12.0. The molecule has 1 aliphatic heterocycles. The summed E-state index contributed by atoms with van der Waals surface area (Å²) in [5, 5.41) is 0. The average molecular weight is 401 g/mol. The molecule has 1 unspecified atom stereocenters. The van der Waals surface area contributed by atoms with Gasteiger partial charge in [0.15, 0.2) is 0 Å². The molecular formula is C17H21ClN2O3S2. The van der Waals surface area contributed by atoms with Crippen LogP contribution in [0.3, 0.4) is 0 Å². The average Bonchev–Trinajstić information content (AvgIpc) is 3.27. The second-order valence-corrected chi connectivity index (χ2v) is 9.65. The molecule has 1 fully saturated rings. The normalized spacial score (nSPS) is 16.9. The number of thiophene rings is 1. The van der Waals surface area contributed by atoms with Crippen molar-refractivity contribution in [3.63, 3.8) is 0 Å². The van der Waals surface area contributed by atoms with E-state index in [-0.39, 0.29) is 10.3 Å². The van der Waals surface area contributed by atoms with Gasteiger partial charge in [-0.1, -0.05) is 23.7 Å². The monoisotopic (exact) mass is 400 g/mol. The molecule has 2 aromatic rings. The number of hydrogen-bond donors (Lipinski definition) is 1. The topological polar surface area (TPSA) is 58.6 Å². The molecular weight excluding hydrogens is 380 g/mol. The molecule has 1 saturated heterocycles. The molecule has 8 heteroatoms. The highest BCUT2D eigenvalue weighted by Crippen LogP contribution is 2.29. The standard InChI is InChI=1S/C17H21ClN2O3S2/c1-23-14-6-4-5-13(11-14)15(20-9-2-3-10-20)12-19-25(21,22)17-8-7-16(18)24-17/h4-8,11,15,19H,2-3,9-10,12H2,1H3. The largest absolute Gasteiger partial charge is 0.497 e. The van der Waals surface area contributed by atoms with Crippen molar-refractivity contribution >= 4 is 33.0 Å². The van der Waals surface area contributed by atoms with Crippen molar-refractivity contribution in [2.24, 2.45) is 0 Å². The number of benzene rings is 1. The van der Waals surface area contributed by atoms with Gasteiger partial charge < -0.3 is 4.74 Å². The van der Waals surface area contributed by atoms with Crippen LogP contribution in [0.1, 0.15) is 24.4 Å². The van der Waals surface area contributed by atoms with E-state index >= 15 is 0 Å². The molecule has 1 aromatic heterocycles. The van der Waals surface area contributed by atoms with Crippen LogP contribution in [-0.2, 0) is 10.0 Å². The predicted molar refractivity (Wildman–Crippen MR) is 101 cm³/mol. The molecule has 25 heavy (non-hydrogen) atoms. The number of nitrogens with one attached hydrogen (secondary N) is 1. The SMILES string of the molecule is COc1cccc(C(CNS(=O)(=O)c2ccc(Cl)s2)N2CCCC2)c1. The number of rotatable bonds is 7. The fraction of sp³-hybridized carbons (Fsp3) is 0.412. The van der Waals surface area contributed by atoms with Gasteiger partial charge in [0.1, 0.15) is 9.96 Å². The Labute approximate surface area is 157 Å². The summed E-state index contributed by atoms with van der Waals surface area (Å²) in [6, 6.07) is 10.9. The van der Waals surface area contributed by atoms with Gasteiger partial charge in [0.2, 0.25) is 10.0 Å². The fourth-order valence-electron chi connectivity index (χ4n) is 3.06. The zero-order valence-electron chi connectivity index (χ0n) is 13.9. The van der Waals surface area contributed by atoms with Gasteiger partial charge in [-0.15, -0.1) is 11.3 Å². The number of halogens is 1. The number of likely N-dealkylation sites (tertiary alicyclic amines) is 1. The summed E-state index contributed by atoms with van der Waals surface area (Å²) in [5.74, 6) is 0.773. The van der Waals surface area contributed by atoms with Gasteiger partial charge in [0, 0.05) is 12.6 Å². The first-order valence-electron chi connectivity index (χ1n) is 8.12. The first-order valence-corrected chi connectivity index (χ1v) is 10.8. The molecule has 1 N–H and O–H groups in total. The van der Waals surface area contributed by atoms with E-state index in [0.717, 1.165) is 48.6 Å². The van der Waals surface area contributed by atoms with Crippen LogP contribution in [0.5, 0.6) is 5.75 Å². The van der Waals surface area contributed by atoms with Crippen LogP contribution >= 0.6 is 22.9 Å². The van der Waals surface area contributed by atoms with Crippen LogP contribution in [0.2, 0.25) is 4.34 Å². The van der Waals surface area contributed by atoms with Crippen LogP contribution in [0.4, 0.5) is 0 Å². The summed E-state index contributed by atoms with van der Waals surface area (Å²) in [7, 11) is -1.93. The second-order valence-electron chi connectivity index (χ2n) is 5.95. The Balaban J connectivity index is 1.80. The minimum atomic E-state index is -3.56. The van der Waals surface area contributed by atoms with Crippen LogP contribution in [0.25, 0.3) is 0 Å². The van der Waals surface area contributed by atoms with Gasteiger partial charge in [-0.25, -0.2) is 13.1 Å². The van der Waals surface area contributed by atoms with E-state index in [1.54, 1.807) is 13.2 Å². The molecule has 0 spiro atoms. The van der Waals surface area contributed by atoms with Gasteiger partial charge in [0.05, 0.1) is 11.4 Å². The molecule has 0 amide bonds. The van der Waals surface area contributed by atoms with E-state index in [1.165, 1.54) is 6.07 Å². The van der Waals surface area contributed by atoms with E-state index < -0.39 is 10.0 Å². The molecule has 1 aromatic carbocycles. The Kier molecular flexibility index (Phi) is 6.01. The Bertz CT molecular complexity index is 817. The summed E-state index contributed by atoms with van der Waals surface area (Å²) >= 11 is 6.93. The van der Waals surface area contributed by atoms with E-state index in [9.17, 15) is 8.42 Å². The van der Waals surface area contributed by atoms with Crippen molar-refractivity contribution < 1.29 is 13.2 Å². The van der Waals surface area contributed by atoms with Gasteiger partial charge in [-0.2, -0.15) is 0 Å². The lowest BCUT2D eigenvalue weighted by molar-refractivity contribution is 0.246. The Morgan fingerprint density at radius 1 is 1.28 bits per heavy atom. The lowest BCUT2D eigenvalue weighted by Crippen LogP contribution is -2.36. The third-order valence-corrected chi connectivity index (χ3v) is 7.49. The highest BCUT2D eigenvalue weighted by atomic mass is 35.5. The van der Waals surface area contributed by atoms with Crippen LogP contribution < -0.4 is 9.46 Å².